The van der Waals surface area contributed by atoms with Crippen LogP contribution >= 0.6 is 0 Å². The highest BCUT2D eigenvalue weighted by Gasteiger charge is 2.23. The van der Waals surface area contributed by atoms with Crippen LogP contribution in [-0.4, -0.2) is 17.8 Å². The summed E-state index contributed by atoms with van der Waals surface area (Å²) in [5.74, 6) is 0.821. The Morgan fingerprint density at radius 2 is 2.27 bits per heavy atom. The molecule has 1 aliphatic carbocycles. The molecule has 0 aliphatic heterocycles. The van der Waals surface area contributed by atoms with Crippen LogP contribution in [0.2, 0.25) is 0 Å². The average molecular weight is 205 g/mol. The van der Waals surface area contributed by atoms with Crippen molar-refractivity contribution in [2.24, 2.45) is 0 Å². The van der Waals surface area contributed by atoms with Gasteiger partial charge in [0.2, 0.25) is 0 Å². The first-order valence-corrected chi connectivity index (χ1v) is 5.73. The van der Waals surface area contributed by atoms with Crippen molar-refractivity contribution >= 4 is 0 Å². The zero-order chi connectivity index (χ0) is 10.7. The van der Waals surface area contributed by atoms with Crippen molar-refractivity contribution in [3.63, 3.8) is 0 Å². The average Bonchev–Trinajstić information content (AvgIpc) is 3.01. The molecule has 15 heavy (non-hydrogen) atoms. The van der Waals surface area contributed by atoms with Gasteiger partial charge in [-0.25, -0.2) is 0 Å². The molecule has 0 spiro atoms. The molecule has 0 heterocycles. The maximum absolute atomic E-state index is 9.12. The van der Waals surface area contributed by atoms with Gasteiger partial charge in [0.25, 0.3) is 0 Å². The van der Waals surface area contributed by atoms with Gasteiger partial charge in [0.05, 0.1) is 6.10 Å². The van der Waals surface area contributed by atoms with Crippen LogP contribution in [0.4, 0.5) is 0 Å². The quantitative estimate of drug-likeness (QED) is 0.771. The van der Waals surface area contributed by atoms with E-state index >= 15 is 0 Å². The first kappa shape index (κ1) is 10.7. The van der Waals surface area contributed by atoms with E-state index in [9.17, 15) is 0 Å². The van der Waals surface area contributed by atoms with Crippen molar-refractivity contribution in [2.75, 3.05) is 6.54 Å². The fourth-order valence-electron chi connectivity index (χ4n) is 1.80. The summed E-state index contributed by atoms with van der Waals surface area (Å²) >= 11 is 0. The Balaban J connectivity index is 1.87. The molecule has 0 radical (unpaired) electrons. The number of aliphatic hydroxyl groups excluding tert-OH is 1. The van der Waals surface area contributed by atoms with Gasteiger partial charge in [0, 0.05) is 13.1 Å². The van der Waals surface area contributed by atoms with Gasteiger partial charge in [-0.1, -0.05) is 24.3 Å². The number of hydrogen-bond donors (Lipinski definition) is 2. The third-order valence-corrected chi connectivity index (χ3v) is 2.77. The minimum atomic E-state index is -0.267. The van der Waals surface area contributed by atoms with Crippen LogP contribution in [0.15, 0.2) is 24.3 Å². The molecule has 0 bridgehead atoms. The second-order valence-corrected chi connectivity index (χ2v) is 4.50. The minimum Gasteiger partial charge on any atom is -0.392 e. The molecule has 82 valence electrons. The lowest BCUT2D eigenvalue weighted by molar-refractivity contribution is 0.191. The Morgan fingerprint density at radius 1 is 1.47 bits per heavy atom. The van der Waals surface area contributed by atoms with E-state index in [1.165, 1.54) is 24.0 Å². The minimum absolute atomic E-state index is 0.267. The summed E-state index contributed by atoms with van der Waals surface area (Å²) in [4.78, 5) is 0. The third-order valence-electron chi connectivity index (χ3n) is 2.77. The van der Waals surface area contributed by atoms with E-state index < -0.39 is 0 Å². The van der Waals surface area contributed by atoms with Gasteiger partial charge in [-0.15, -0.1) is 0 Å². The molecule has 1 atom stereocenters. The molecular weight excluding hydrogens is 186 g/mol. The zero-order valence-corrected chi connectivity index (χ0v) is 9.24. The van der Waals surface area contributed by atoms with Gasteiger partial charge >= 0.3 is 0 Å². The second kappa shape index (κ2) is 4.77. The highest BCUT2D eigenvalue weighted by Crippen LogP contribution is 2.40. The highest BCUT2D eigenvalue weighted by molar-refractivity contribution is 5.29. The molecule has 1 aliphatic rings. The van der Waals surface area contributed by atoms with Gasteiger partial charge in [0.15, 0.2) is 0 Å². The maximum atomic E-state index is 9.12. The highest BCUT2D eigenvalue weighted by atomic mass is 16.3. The van der Waals surface area contributed by atoms with Crippen LogP contribution in [-0.2, 0) is 6.54 Å². The lowest BCUT2D eigenvalue weighted by Gasteiger charge is -2.08. The molecule has 1 unspecified atom stereocenters. The van der Waals surface area contributed by atoms with Crippen molar-refractivity contribution in [3.8, 4) is 0 Å². The number of hydrogen-bond acceptors (Lipinski definition) is 2. The predicted octanol–water partition coefficient (Wildman–Crippen LogP) is 2.03. The van der Waals surface area contributed by atoms with Crippen LogP contribution in [0.1, 0.15) is 36.8 Å². The first-order chi connectivity index (χ1) is 7.25. The summed E-state index contributed by atoms with van der Waals surface area (Å²) in [6.07, 6.45) is 2.44. The fourth-order valence-corrected chi connectivity index (χ4v) is 1.80. The largest absolute Gasteiger partial charge is 0.392 e. The molecule has 0 aromatic heterocycles. The van der Waals surface area contributed by atoms with Gasteiger partial charge in [-0.2, -0.15) is 0 Å². The van der Waals surface area contributed by atoms with E-state index in [1.54, 1.807) is 6.92 Å². The fraction of sp³-hybridized carbons (Fsp3) is 0.538. The molecule has 2 nitrogen and oxygen atoms in total. The molecule has 1 saturated carbocycles. The Labute approximate surface area is 91.3 Å². The number of nitrogens with one attached hydrogen (secondary N) is 1. The topological polar surface area (TPSA) is 32.3 Å². The SMILES string of the molecule is CC(O)CNCc1cccc(C2CC2)c1. The van der Waals surface area contributed by atoms with Gasteiger partial charge < -0.3 is 10.4 Å². The van der Waals surface area contributed by atoms with Crippen molar-refractivity contribution < 1.29 is 5.11 Å². The monoisotopic (exact) mass is 205 g/mol. The molecule has 2 N–H and O–H groups in total. The van der Waals surface area contributed by atoms with Crippen LogP contribution in [0.5, 0.6) is 0 Å². The van der Waals surface area contributed by atoms with Gasteiger partial charge in [0.1, 0.15) is 0 Å². The molecule has 0 saturated heterocycles. The summed E-state index contributed by atoms with van der Waals surface area (Å²) in [6.45, 7) is 3.31. The number of benzene rings is 1. The molecule has 2 rings (SSSR count). The Hall–Kier alpha value is -0.860. The van der Waals surface area contributed by atoms with E-state index in [2.05, 4.69) is 29.6 Å². The van der Waals surface area contributed by atoms with Gasteiger partial charge in [-0.05, 0) is 36.8 Å². The summed E-state index contributed by atoms with van der Waals surface area (Å²) in [7, 11) is 0. The van der Waals surface area contributed by atoms with E-state index in [1.807, 2.05) is 0 Å². The number of rotatable bonds is 5. The number of aliphatic hydroxyl groups is 1. The van der Waals surface area contributed by atoms with Crippen molar-refractivity contribution in [3.05, 3.63) is 35.4 Å². The lowest BCUT2D eigenvalue weighted by Crippen LogP contribution is -2.23. The molecular formula is C13H19NO. The summed E-state index contributed by atoms with van der Waals surface area (Å²) in [6, 6.07) is 8.77. The summed E-state index contributed by atoms with van der Waals surface area (Å²) < 4.78 is 0. The van der Waals surface area contributed by atoms with Crippen LogP contribution < -0.4 is 5.32 Å². The smallest absolute Gasteiger partial charge is 0.0636 e. The summed E-state index contributed by atoms with van der Waals surface area (Å²) in [5.41, 5.74) is 2.80. The van der Waals surface area contributed by atoms with E-state index in [4.69, 9.17) is 5.11 Å². The van der Waals surface area contributed by atoms with Crippen molar-refractivity contribution in [1.29, 1.82) is 0 Å². The van der Waals surface area contributed by atoms with Crippen LogP contribution in [0, 0.1) is 0 Å². The molecule has 1 aromatic carbocycles. The molecule has 0 amide bonds. The predicted molar refractivity (Wildman–Crippen MR) is 61.8 cm³/mol. The maximum Gasteiger partial charge on any atom is 0.0636 e. The standard InChI is InChI=1S/C13H19NO/c1-10(15)8-14-9-11-3-2-4-13(7-11)12-5-6-12/h2-4,7,10,12,14-15H,5-6,8-9H2,1H3. The van der Waals surface area contributed by atoms with E-state index in [0.29, 0.717) is 6.54 Å². The first-order valence-electron chi connectivity index (χ1n) is 5.73. The normalized spacial score (nSPS) is 17.7. The third kappa shape index (κ3) is 3.33. The van der Waals surface area contributed by atoms with Crippen LogP contribution in [0.3, 0.4) is 0 Å². The molecule has 1 aromatic rings. The van der Waals surface area contributed by atoms with E-state index in [-0.39, 0.29) is 6.10 Å². The molecule has 1 fully saturated rings. The van der Waals surface area contributed by atoms with Crippen molar-refractivity contribution in [1.82, 2.24) is 5.32 Å². The van der Waals surface area contributed by atoms with Crippen LogP contribution in [0.25, 0.3) is 0 Å². The Bertz CT molecular complexity index is 318. The second-order valence-electron chi connectivity index (χ2n) is 4.50. The van der Waals surface area contributed by atoms with E-state index in [0.717, 1.165) is 12.5 Å². The Morgan fingerprint density at radius 3 is 2.93 bits per heavy atom. The molecule has 2 heteroatoms. The lowest BCUT2D eigenvalue weighted by atomic mass is 10.1. The van der Waals surface area contributed by atoms with Gasteiger partial charge in [-0.3, -0.25) is 0 Å². The Kier molecular flexibility index (Phi) is 3.39. The summed E-state index contributed by atoms with van der Waals surface area (Å²) in [5, 5.41) is 12.4. The van der Waals surface area contributed by atoms with Crippen molar-refractivity contribution in [2.45, 2.75) is 38.3 Å². The zero-order valence-electron chi connectivity index (χ0n) is 9.24.